The second-order valence-corrected chi connectivity index (χ2v) is 13.5. The van der Waals surface area contributed by atoms with Crippen molar-refractivity contribution in [3.8, 4) is 0 Å². The van der Waals surface area contributed by atoms with Gasteiger partial charge in [0.15, 0.2) is 0 Å². The molecule has 4 N–H and O–H groups in total. The van der Waals surface area contributed by atoms with Crippen LogP contribution in [0.1, 0.15) is 66.1 Å². The zero-order valence-corrected chi connectivity index (χ0v) is 28.1. The minimum absolute atomic E-state index is 0.0208. The first-order valence-corrected chi connectivity index (χ1v) is 17.8. The van der Waals surface area contributed by atoms with Crippen molar-refractivity contribution in [1.82, 2.24) is 5.32 Å². The van der Waals surface area contributed by atoms with Crippen molar-refractivity contribution in [2.45, 2.75) is 56.9 Å². The molecule has 5 rings (SSSR count). The predicted molar refractivity (Wildman–Crippen MR) is 192 cm³/mol. The Labute approximate surface area is 286 Å². The average molecular weight is 681 g/mol. The summed E-state index contributed by atoms with van der Waals surface area (Å²) in [4.78, 5) is 38.6. The molecule has 0 saturated carbocycles. The van der Waals surface area contributed by atoms with Gasteiger partial charge in [0.2, 0.25) is 0 Å². The fraction of sp³-hybridized carbons (Fsp3) is 0.237. The number of nitrogens with one attached hydrogen (secondary N) is 3. The van der Waals surface area contributed by atoms with Crippen molar-refractivity contribution in [3.63, 3.8) is 0 Å². The lowest BCUT2D eigenvalue weighted by molar-refractivity contribution is -0.136. The van der Waals surface area contributed by atoms with Crippen molar-refractivity contribution in [1.29, 1.82) is 0 Å². The molecule has 0 spiro atoms. The predicted octanol–water partition coefficient (Wildman–Crippen LogP) is 7.45. The Hall–Kier alpha value is -5.42. The van der Waals surface area contributed by atoms with Crippen LogP contribution in [0.15, 0.2) is 108 Å². The van der Waals surface area contributed by atoms with E-state index in [1.165, 1.54) is 24.1 Å². The summed E-state index contributed by atoms with van der Waals surface area (Å²) < 4.78 is 28.7. The van der Waals surface area contributed by atoms with E-state index in [-0.39, 0.29) is 30.3 Å². The number of carbonyl (C=O) groups excluding carboxylic acids is 2. The molecule has 0 unspecified atom stereocenters. The van der Waals surface area contributed by atoms with Crippen LogP contribution >= 0.6 is 0 Å². The number of carbonyl (C=O) groups is 3. The number of hydrogen-bond acceptors (Lipinski definition) is 5. The lowest BCUT2D eigenvalue weighted by Crippen LogP contribution is -2.34. The van der Waals surface area contributed by atoms with Gasteiger partial charge in [-0.2, -0.15) is 0 Å². The van der Waals surface area contributed by atoms with Crippen LogP contribution in [-0.4, -0.2) is 38.0 Å². The molecule has 0 bridgehead atoms. The van der Waals surface area contributed by atoms with Gasteiger partial charge in [-0.15, -0.1) is 0 Å². The molecule has 1 aliphatic carbocycles. The number of urea groups is 1. The van der Waals surface area contributed by atoms with E-state index < -0.39 is 22.0 Å². The van der Waals surface area contributed by atoms with Crippen LogP contribution in [0.3, 0.4) is 0 Å². The minimum atomic E-state index is -3.85. The van der Waals surface area contributed by atoms with Gasteiger partial charge in [-0.05, 0) is 115 Å². The van der Waals surface area contributed by atoms with Crippen LogP contribution in [0, 0.1) is 0 Å². The Morgan fingerprint density at radius 3 is 2.22 bits per heavy atom. The summed E-state index contributed by atoms with van der Waals surface area (Å²) in [6, 6.07) is 27.4. The largest absolute Gasteiger partial charge is 0.481 e. The Morgan fingerprint density at radius 2 is 1.57 bits per heavy atom. The number of allylic oxidation sites excluding steroid dienone is 2. The number of hydrogen-bond donors (Lipinski definition) is 4. The highest BCUT2D eigenvalue weighted by atomic mass is 32.2. The molecule has 254 valence electrons. The number of amides is 3. The van der Waals surface area contributed by atoms with Crippen molar-refractivity contribution in [3.05, 3.63) is 125 Å². The van der Waals surface area contributed by atoms with E-state index in [9.17, 15) is 22.8 Å². The van der Waals surface area contributed by atoms with Gasteiger partial charge >= 0.3 is 12.0 Å². The maximum absolute atomic E-state index is 13.8. The summed E-state index contributed by atoms with van der Waals surface area (Å²) in [5.74, 6) is -1.38. The third kappa shape index (κ3) is 9.57. The van der Waals surface area contributed by atoms with Crippen molar-refractivity contribution >= 4 is 50.6 Å². The van der Waals surface area contributed by atoms with E-state index in [2.05, 4.69) is 21.4 Å². The van der Waals surface area contributed by atoms with Gasteiger partial charge in [0.1, 0.15) is 0 Å². The van der Waals surface area contributed by atoms with Gasteiger partial charge in [0.25, 0.3) is 15.9 Å². The number of benzene rings is 4. The first-order valence-electron chi connectivity index (χ1n) is 16.3. The summed E-state index contributed by atoms with van der Waals surface area (Å²) in [7, 11) is -3.85. The molecule has 3 amide bonds. The number of sulfonamides is 1. The van der Waals surface area contributed by atoms with Crippen LogP contribution in [0.25, 0.3) is 5.57 Å². The van der Waals surface area contributed by atoms with Crippen molar-refractivity contribution in [2.24, 2.45) is 0 Å². The van der Waals surface area contributed by atoms with E-state index in [1.54, 1.807) is 59.5 Å². The number of nitrogens with zero attached hydrogens (tertiary/aromatic N) is 1. The van der Waals surface area contributed by atoms with Gasteiger partial charge in [-0.25, -0.2) is 13.2 Å². The topological polar surface area (TPSA) is 145 Å². The normalized spacial score (nSPS) is 12.8. The SMILES string of the molecule is CCc1cccc(NS(=O)(=O)c2ccc(NC(=O)N(Cc3ccc(C(=O)NCCC(=O)O)cc3)c3ccc(C4=CCCCC4)cc3)cc2)c1. The van der Waals surface area contributed by atoms with E-state index in [0.29, 0.717) is 22.6 Å². The molecule has 10 nitrogen and oxygen atoms in total. The number of rotatable bonds is 13. The van der Waals surface area contributed by atoms with Crippen LogP contribution in [0.4, 0.5) is 21.9 Å². The molecule has 0 aliphatic heterocycles. The lowest BCUT2D eigenvalue weighted by Gasteiger charge is -2.24. The summed E-state index contributed by atoms with van der Waals surface area (Å²) in [5.41, 5.74) is 6.12. The molecule has 0 heterocycles. The standard InChI is InChI=1S/C38H40N4O6S/c1-2-27-7-6-10-33(25-27)41-49(47,48)35-21-17-32(18-22-35)40-38(46)42(34-19-15-30(16-20-34)29-8-4-3-5-9-29)26-28-11-13-31(14-12-28)37(45)39-24-23-36(43)44/h6-8,10-22,25,41H,2-5,9,23-24,26H2,1H3,(H,39,45)(H,40,46)(H,43,44). The molecule has 1 aliphatic rings. The summed E-state index contributed by atoms with van der Waals surface area (Å²) in [6.07, 6.45) is 7.29. The minimum Gasteiger partial charge on any atom is -0.481 e. The summed E-state index contributed by atoms with van der Waals surface area (Å²) in [6.45, 7) is 2.20. The van der Waals surface area contributed by atoms with Crippen LogP contribution < -0.4 is 20.3 Å². The third-order valence-corrected chi connectivity index (χ3v) is 9.67. The average Bonchev–Trinajstić information content (AvgIpc) is 3.11. The monoisotopic (exact) mass is 680 g/mol. The first-order chi connectivity index (χ1) is 23.6. The number of carboxylic acid groups (broad SMARTS) is 1. The molecule has 49 heavy (non-hydrogen) atoms. The van der Waals surface area contributed by atoms with E-state index in [0.717, 1.165) is 42.4 Å². The number of aryl methyl sites for hydroxylation is 1. The number of anilines is 3. The Balaban J connectivity index is 1.33. The Morgan fingerprint density at radius 1 is 0.837 bits per heavy atom. The highest BCUT2D eigenvalue weighted by molar-refractivity contribution is 7.92. The Bertz CT molecular complexity index is 1920. The zero-order valence-electron chi connectivity index (χ0n) is 27.3. The Kier molecular flexibility index (Phi) is 11.5. The first kappa shape index (κ1) is 34.9. The molecule has 4 aromatic rings. The molecule has 4 aromatic carbocycles. The van der Waals surface area contributed by atoms with E-state index in [1.807, 2.05) is 37.3 Å². The smallest absolute Gasteiger partial charge is 0.326 e. The van der Waals surface area contributed by atoms with Gasteiger partial charge in [-0.3, -0.25) is 19.2 Å². The molecule has 0 fully saturated rings. The molecule has 0 atom stereocenters. The molecular formula is C38H40N4O6S. The molecular weight excluding hydrogens is 641 g/mol. The van der Waals surface area contributed by atoms with E-state index in [4.69, 9.17) is 5.11 Å². The molecule has 0 saturated heterocycles. The fourth-order valence-electron chi connectivity index (χ4n) is 5.54. The van der Waals surface area contributed by atoms with Crippen molar-refractivity contribution in [2.75, 3.05) is 21.5 Å². The highest BCUT2D eigenvalue weighted by Crippen LogP contribution is 2.29. The quantitative estimate of drug-likeness (QED) is 0.115. The second kappa shape index (κ2) is 16.1. The van der Waals surface area contributed by atoms with Gasteiger partial charge in [-0.1, -0.05) is 49.4 Å². The van der Waals surface area contributed by atoms with Crippen LogP contribution in [0.2, 0.25) is 0 Å². The van der Waals surface area contributed by atoms with Crippen LogP contribution in [-0.2, 0) is 27.8 Å². The zero-order chi connectivity index (χ0) is 34.8. The van der Waals surface area contributed by atoms with Gasteiger partial charge in [0.05, 0.1) is 17.9 Å². The highest BCUT2D eigenvalue weighted by Gasteiger charge is 2.20. The summed E-state index contributed by atoms with van der Waals surface area (Å²) in [5, 5.41) is 14.3. The number of aliphatic carboxylic acids is 1. The second-order valence-electron chi connectivity index (χ2n) is 11.8. The number of carboxylic acids is 1. The molecule has 0 aromatic heterocycles. The van der Waals surface area contributed by atoms with Gasteiger partial charge in [0, 0.05) is 29.2 Å². The summed E-state index contributed by atoms with van der Waals surface area (Å²) >= 11 is 0. The third-order valence-electron chi connectivity index (χ3n) is 8.27. The van der Waals surface area contributed by atoms with Crippen LogP contribution in [0.5, 0.6) is 0 Å². The maximum atomic E-state index is 13.8. The maximum Gasteiger partial charge on any atom is 0.326 e. The lowest BCUT2D eigenvalue weighted by atomic mass is 9.93. The molecule has 0 radical (unpaired) electrons. The fourth-order valence-corrected chi connectivity index (χ4v) is 6.59. The molecule has 11 heteroatoms. The van der Waals surface area contributed by atoms with E-state index >= 15 is 0 Å². The van der Waals surface area contributed by atoms with Crippen molar-refractivity contribution < 1.29 is 27.9 Å². The van der Waals surface area contributed by atoms with Gasteiger partial charge < -0.3 is 15.7 Å².